The zero-order valence-corrected chi connectivity index (χ0v) is 10.6. The van der Waals surface area contributed by atoms with Crippen LogP contribution in [-0.2, 0) is 0 Å². The maximum atomic E-state index is 5.76. The molecule has 3 rings (SSSR count). The summed E-state index contributed by atoms with van der Waals surface area (Å²) in [5.74, 6) is 2.00. The second-order valence-corrected chi connectivity index (χ2v) is 4.90. The molecular weight excluding hydrogens is 228 g/mol. The van der Waals surface area contributed by atoms with Crippen LogP contribution in [0.3, 0.4) is 0 Å². The Balaban J connectivity index is 2.00. The first-order valence-corrected chi connectivity index (χ1v) is 6.49. The first-order valence-electron chi connectivity index (χ1n) is 6.49. The molecule has 0 aliphatic heterocycles. The van der Waals surface area contributed by atoms with Crippen LogP contribution in [0.15, 0.2) is 6.33 Å². The summed E-state index contributed by atoms with van der Waals surface area (Å²) < 4.78 is 0. The van der Waals surface area contributed by atoms with Crippen molar-refractivity contribution < 1.29 is 0 Å². The number of imidazole rings is 1. The Morgan fingerprint density at radius 1 is 1.44 bits per heavy atom. The molecule has 1 aliphatic carbocycles. The Morgan fingerprint density at radius 3 is 3.00 bits per heavy atom. The van der Waals surface area contributed by atoms with E-state index < -0.39 is 0 Å². The quantitative estimate of drug-likeness (QED) is 0.836. The van der Waals surface area contributed by atoms with Crippen molar-refractivity contribution in [3.63, 3.8) is 0 Å². The summed E-state index contributed by atoms with van der Waals surface area (Å²) in [5.41, 5.74) is 7.30. The van der Waals surface area contributed by atoms with Crippen molar-refractivity contribution in [3.05, 3.63) is 6.33 Å². The summed E-state index contributed by atoms with van der Waals surface area (Å²) in [6, 6.07) is 0. The normalized spacial score (nSPS) is 15.2. The van der Waals surface area contributed by atoms with Crippen LogP contribution < -0.4 is 10.6 Å². The van der Waals surface area contributed by atoms with Crippen molar-refractivity contribution in [2.24, 2.45) is 5.92 Å². The number of nitrogens with one attached hydrogen (secondary N) is 1. The molecule has 2 heterocycles. The second kappa shape index (κ2) is 4.44. The SMILES string of the molecule is CCCN(CC1CC1)c1nc(N)nc2nc[nH]c12. The van der Waals surface area contributed by atoms with Gasteiger partial charge in [-0.05, 0) is 25.2 Å². The number of anilines is 2. The lowest BCUT2D eigenvalue weighted by Crippen LogP contribution is -2.28. The zero-order valence-electron chi connectivity index (χ0n) is 10.6. The summed E-state index contributed by atoms with van der Waals surface area (Å²) in [6.45, 7) is 4.22. The van der Waals surface area contributed by atoms with E-state index in [0.29, 0.717) is 11.6 Å². The van der Waals surface area contributed by atoms with Crippen molar-refractivity contribution in [1.82, 2.24) is 19.9 Å². The van der Waals surface area contributed by atoms with E-state index >= 15 is 0 Å². The summed E-state index contributed by atoms with van der Waals surface area (Å²) in [4.78, 5) is 18.1. The molecule has 0 atom stereocenters. The van der Waals surface area contributed by atoms with Crippen LogP contribution in [0.1, 0.15) is 26.2 Å². The van der Waals surface area contributed by atoms with Crippen molar-refractivity contribution >= 4 is 22.9 Å². The van der Waals surface area contributed by atoms with Gasteiger partial charge in [0.1, 0.15) is 5.52 Å². The summed E-state index contributed by atoms with van der Waals surface area (Å²) >= 11 is 0. The van der Waals surface area contributed by atoms with Crippen LogP contribution in [0.4, 0.5) is 11.8 Å². The van der Waals surface area contributed by atoms with E-state index in [4.69, 9.17) is 5.73 Å². The third kappa shape index (κ3) is 2.10. The molecular formula is C12H18N6. The fraction of sp³-hybridized carbons (Fsp3) is 0.583. The van der Waals surface area contributed by atoms with Crippen LogP contribution in [0, 0.1) is 5.92 Å². The van der Waals surface area contributed by atoms with Gasteiger partial charge >= 0.3 is 0 Å². The molecule has 2 aromatic heterocycles. The minimum atomic E-state index is 0.293. The van der Waals surface area contributed by atoms with Crippen LogP contribution in [0.25, 0.3) is 11.2 Å². The molecule has 0 radical (unpaired) electrons. The monoisotopic (exact) mass is 246 g/mol. The van der Waals surface area contributed by atoms with E-state index in [9.17, 15) is 0 Å². The summed E-state index contributed by atoms with van der Waals surface area (Å²) in [6.07, 6.45) is 5.38. The van der Waals surface area contributed by atoms with Gasteiger partial charge in [0, 0.05) is 13.1 Å². The molecule has 1 saturated carbocycles. The molecule has 0 saturated heterocycles. The Kier molecular flexibility index (Phi) is 2.77. The van der Waals surface area contributed by atoms with Gasteiger partial charge in [-0.1, -0.05) is 6.92 Å². The van der Waals surface area contributed by atoms with E-state index in [1.807, 2.05) is 0 Å². The standard InChI is InChI=1S/C12H18N6/c1-2-5-18(6-8-3-4-8)11-9-10(15-7-14-9)16-12(13)17-11/h7-8H,2-6H2,1H3,(H3,13,14,15,16,17). The molecule has 0 unspecified atom stereocenters. The highest BCUT2D eigenvalue weighted by Crippen LogP contribution is 2.32. The van der Waals surface area contributed by atoms with Gasteiger partial charge in [-0.2, -0.15) is 9.97 Å². The van der Waals surface area contributed by atoms with Crippen LogP contribution in [-0.4, -0.2) is 33.0 Å². The molecule has 0 aromatic carbocycles. The zero-order chi connectivity index (χ0) is 12.5. The van der Waals surface area contributed by atoms with Gasteiger partial charge in [-0.25, -0.2) is 4.98 Å². The van der Waals surface area contributed by atoms with Crippen molar-refractivity contribution in [1.29, 1.82) is 0 Å². The molecule has 3 N–H and O–H groups in total. The Bertz CT molecular complexity index is 544. The van der Waals surface area contributed by atoms with Crippen molar-refractivity contribution in [3.8, 4) is 0 Å². The predicted molar refractivity (Wildman–Crippen MR) is 71.3 cm³/mol. The van der Waals surface area contributed by atoms with E-state index in [-0.39, 0.29) is 0 Å². The highest BCUT2D eigenvalue weighted by molar-refractivity contribution is 5.84. The molecule has 6 heteroatoms. The van der Waals surface area contributed by atoms with E-state index in [1.54, 1.807) is 6.33 Å². The van der Waals surface area contributed by atoms with Crippen molar-refractivity contribution in [2.75, 3.05) is 23.7 Å². The average Bonchev–Trinajstić information content (AvgIpc) is 3.03. The lowest BCUT2D eigenvalue weighted by molar-refractivity contribution is 0.701. The number of hydrogen-bond acceptors (Lipinski definition) is 5. The van der Waals surface area contributed by atoms with E-state index in [2.05, 4.69) is 31.8 Å². The number of H-pyrrole nitrogens is 1. The first-order chi connectivity index (χ1) is 8.78. The molecule has 18 heavy (non-hydrogen) atoms. The molecule has 0 amide bonds. The van der Waals surface area contributed by atoms with Gasteiger partial charge in [0.25, 0.3) is 0 Å². The topological polar surface area (TPSA) is 83.7 Å². The van der Waals surface area contributed by atoms with Crippen LogP contribution in [0.5, 0.6) is 0 Å². The molecule has 1 fully saturated rings. The van der Waals surface area contributed by atoms with Crippen LogP contribution in [0.2, 0.25) is 0 Å². The number of nitrogens with two attached hydrogens (primary N) is 1. The maximum absolute atomic E-state index is 5.76. The number of rotatable bonds is 5. The molecule has 1 aliphatic rings. The number of hydrogen-bond donors (Lipinski definition) is 2. The van der Waals surface area contributed by atoms with E-state index in [0.717, 1.165) is 36.8 Å². The molecule has 0 bridgehead atoms. The third-order valence-corrected chi connectivity index (χ3v) is 3.25. The highest BCUT2D eigenvalue weighted by atomic mass is 15.2. The Labute approximate surface area is 106 Å². The second-order valence-electron chi connectivity index (χ2n) is 4.90. The average molecular weight is 246 g/mol. The van der Waals surface area contributed by atoms with Gasteiger partial charge in [-0.15, -0.1) is 0 Å². The fourth-order valence-corrected chi connectivity index (χ4v) is 2.23. The number of nitrogen functional groups attached to an aromatic ring is 1. The lowest BCUT2D eigenvalue weighted by atomic mass is 10.3. The minimum Gasteiger partial charge on any atom is -0.368 e. The highest BCUT2D eigenvalue weighted by Gasteiger charge is 2.26. The van der Waals surface area contributed by atoms with Gasteiger partial charge in [0.15, 0.2) is 11.5 Å². The predicted octanol–water partition coefficient (Wildman–Crippen LogP) is 1.56. The van der Waals surface area contributed by atoms with Gasteiger partial charge in [0.05, 0.1) is 6.33 Å². The smallest absolute Gasteiger partial charge is 0.224 e. The molecule has 2 aromatic rings. The van der Waals surface area contributed by atoms with Crippen molar-refractivity contribution in [2.45, 2.75) is 26.2 Å². The summed E-state index contributed by atoms with van der Waals surface area (Å²) in [7, 11) is 0. The lowest BCUT2D eigenvalue weighted by Gasteiger charge is -2.23. The van der Waals surface area contributed by atoms with Gasteiger partial charge in [0.2, 0.25) is 5.95 Å². The molecule has 6 nitrogen and oxygen atoms in total. The largest absolute Gasteiger partial charge is 0.368 e. The first kappa shape index (κ1) is 11.3. The minimum absolute atomic E-state index is 0.293. The van der Waals surface area contributed by atoms with Gasteiger partial charge in [-0.3, -0.25) is 0 Å². The maximum Gasteiger partial charge on any atom is 0.224 e. The molecule has 0 spiro atoms. The van der Waals surface area contributed by atoms with E-state index in [1.165, 1.54) is 12.8 Å². The van der Waals surface area contributed by atoms with Gasteiger partial charge < -0.3 is 15.6 Å². The number of nitrogens with zero attached hydrogens (tertiary/aromatic N) is 4. The fourth-order valence-electron chi connectivity index (χ4n) is 2.23. The Hall–Kier alpha value is -1.85. The summed E-state index contributed by atoms with van der Waals surface area (Å²) in [5, 5.41) is 0. The molecule has 96 valence electrons. The number of aromatic nitrogens is 4. The Morgan fingerprint density at radius 2 is 2.28 bits per heavy atom. The third-order valence-electron chi connectivity index (χ3n) is 3.25. The van der Waals surface area contributed by atoms with Crippen LogP contribution >= 0.6 is 0 Å². The number of aromatic amines is 1. The number of fused-ring (bicyclic) bond motifs is 1.